The number of rotatable bonds is 4. The quantitative estimate of drug-likeness (QED) is 0.435. The van der Waals surface area contributed by atoms with Crippen molar-refractivity contribution in [3.8, 4) is 17.1 Å². The van der Waals surface area contributed by atoms with E-state index in [1.54, 1.807) is 42.3 Å². The maximum Gasteiger partial charge on any atom is 0.328 e. The van der Waals surface area contributed by atoms with E-state index in [1.807, 2.05) is 29.7 Å². The fraction of sp³-hybridized carbons (Fsp3) is 0.227. The second-order valence-corrected chi connectivity index (χ2v) is 9.79. The molecule has 0 atom stereocenters. The van der Waals surface area contributed by atoms with Crippen molar-refractivity contribution in [1.82, 2.24) is 28.6 Å². The van der Waals surface area contributed by atoms with Crippen molar-refractivity contribution in [2.24, 2.45) is 14.1 Å². The molecular formula is C22H22N6O4S. The number of nitrogens with zero attached hydrogens (tertiary/aromatic N) is 5. The molecule has 170 valence electrons. The standard InChI is InChI=1S/C22H22N6O4S/c1-12-20(13(2)32-25-12)21-24-16-8-7-15(33(30,31)23-3)11-18(16)28(21)14-6-9-17-19(10-14)27(5)22(29)26(17)4/h6-11,23H,1-5H3. The molecule has 0 unspecified atom stereocenters. The molecule has 0 aliphatic carbocycles. The molecule has 0 spiro atoms. The van der Waals surface area contributed by atoms with Gasteiger partial charge in [-0.05, 0) is 57.3 Å². The summed E-state index contributed by atoms with van der Waals surface area (Å²) in [7, 11) is 1.15. The molecule has 0 radical (unpaired) electrons. The Kier molecular flexibility index (Phi) is 4.59. The molecule has 0 fully saturated rings. The molecule has 5 rings (SSSR count). The van der Waals surface area contributed by atoms with Crippen molar-refractivity contribution < 1.29 is 12.9 Å². The number of aryl methyl sites for hydroxylation is 4. The Labute approximate surface area is 189 Å². The van der Waals surface area contributed by atoms with Crippen molar-refractivity contribution in [2.75, 3.05) is 7.05 Å². The highest BCUT2D eigenvalue weighted by atomic mass is 32.2. The molecule has 3 aromatic heterocycles. The van der Waals surface area contributed by atoms with Crippen molar-refractivity contribution in [2.45, 2.75) is 18.7 Å². The molecule has 10 nitrogen and oxygen atoms in total. The normalized spacial score (nSPS) is 12.3. The highest BCUT2D eigenvalue weighted by Gasteiger charge is 2.23. The van der Waals surface area contributed by atoms with Gasteiger partial charge in [-0.1, -0.05) is 5.16 Å². The molecule has 33 heavy (non-hydrogen) atoms. The van der Waals surface area contributed by atoms with Gasteiger partial charge in [0.15, 0.2) is 5.82 Å². The maximum absolute atomic E-state index is 12.5. The smallest absolute Gasteiger partial charge is 0.328 e. The topological polar surface area (TPSA) is 117 Å². The van der Waals surface area contributed by atoms with Gasteiger partial charge >= 0.3 is 5.69 Å². The Morgan fingerprint density at radius 2 is 1.70 bits per heavy atom. The van der Waals surface area contributed by atoms with E-state index in [4.69, 9.17) is 9.51 Å². The summed E-state index contributed by atoms with van der Waals surface area (Å²) in [5, 5.41) is 4.06. The Bertz CT molecular complexity index is 1720. The van der Waals surface area contributed by atoms with Crippen LogP contribution in [0.1, 0.15) is 11.5 Å². The van der Waals surface area contributed by atoms with Crippen LogP contribution in [0.15, 0.2) is 50.6 Å². The van der Waals surface area contributed by atoms with Crippen LogP contribution >= 0.6 is 0 Å². The fourth-order valence-electron chi connectivity index (χ4n) is 4.21. The zero-order valence-corrected chi connectivity index (χ0v) is 19.6. The average Bonchev–Trinajstić information content (AvgIpc) is 3.41. The number of hydrogen-bond donors (Lipinski definition) is 1. The summed E-state index contributed by atoms with van der Waals surface area (Å²) in [6.45, 7) is 3.64. The summed E-state index contributed by atoms with van der Waals surface area (Å²) in [6, 6.07) is 10.4. The summed E-state index contributed by atoms with van der Waals surface area (Å²) < 4.78 is 37.7. The van der Waals surface area contributed by atoms with E-state index >= 15 is 0 Å². The van der Waals surface area contributed by atoms with Gasteiger partial charge in [-0.25, -0.2) is 22.9 Å². The number of sulfonamides is 1. The molecule has 0 aliphatic rings. The predicted molar refractivity (Wildman–Crippen MR) is 124 cm³/mol. The van der Waals surface area contributed by atoms with Crippen LogP contribution < -0.4 is 10.4 Å². The Hall–Kier alpha value is -3.70. The minimum absolute atomic E-state index is 0.122. The first-order valence-electron chi connectivity index (χ1n) is 10.2. The molecule has 11 heteroatoms. The summed E-state index contributed by atoms with van der Waals surface area (Å²) in [5.41, 5.74) is 4.72. The Morgan fingerprint density at radius 1 is 0.970 bits per heavy atom. The average molecular weight is 467 g/mol. The SMILES string of the molecule is CNS(=O)(=O)c1ccc2nc(-c3c(C)noc3C)n(-c3ccc4c(c3)n(C)c(=O)n4C)c2c1. The minimum Gasteiger partial charge on any atom is -0.361 e. The van der Waals surface area contributed by atoms with Crippen LogP contribution in [0.3, 0.4) is 0 Å². The van der Waals surface area contributed by atoms with E-state index in [0.717, 1.165) is 22.3 Å². The summed E-state index contributed by atoms with van der Waals surface area (Å²) in [4.78, 5) is 17.4. The van der Waals surface area contributed by atoms with E-state index in [1.165, 1.54) is 13.1 Å². The lowest BCUT2D eigenvalue weighted by atomic mass is 10.2. The second kappa shape index (κ2) is 7.15. The van der Waals surface area contributed by atoms with Gasteiger partial charge in [-0.15, -0.1) is 0 Å². The van der Waals surface area contributed by atoms with Gasteiger partial charge < -0.3 is 4.52 Å². The molecule has 0 aliphatic heterocycles. The largest absolute Gasteiger partial charge is 0.361 e. The van der Waals surface area contributed by atoms with Gasteiger partial charge in [0, 0.05) is 19.8 Å². The van der Waals surface area contributed by atoms with Gasteiger partial charge in [-0.2, -0.15) is 0 Å². The monoisotopic (exact) mass is 466 g/mol. The van der Waals surface area contributed by atoms with E-state index < -0.39 is 10.0 Å². The second-order valence-electron chi connectivity index (χ2n) is 7.90. The first kappa shape index (κ1) is 21.2. The van der Waals surface area contributed by atoms with Gasteiger partial charge in [-0.3, -0.25) is 13.7 Å². The van der Waals surface area contributed by atoms with Crippen LogP contribution in [0.4, 0.5) is 0 Å². The van der Waals surface area contributed by atoms with Crippen LogP contribution in [0.2, 0.25) is 0 Å². The minimum atomic E-state index is -3.66. The Balaban J connectivity index is 1.90. The van der Waals surface area contributed by atoms with Crippen molar-refractivity contribution in [1.29, 1.82) is 0 Å². The third-order valence-electron chi connectivity index (χ3n) is 5.98. The number of imidazole rings is 2. The molecule has 0 amide bonds. The number of nitrogens with one attached hydrogen (secondary N) is 1. The third kappa shape index (κ3) is 3.04. The van der Waals surface area contributed by atoms with E-state index in [2.05, 4.69) is 9.88 Å². The molecular weight excluding hydrogens is 444 g/mol. The van der Waals surface area contributed by atoms with Crippen molar-refractivity contribution >= 4 is 32.1 Å². The summed E-state index contributed by atoms with van der Waals surface area (Å²) in [6.07, 6.45) is 0. The Morgan fingerprint density at radius 3 is 2.36 bits per heavy atom. The van der Waals surface area contributed by atoms with Gasteiger partial charge in [0.05, 0.1) is 38.2 Å². The zero-order valence-electron chi connectivity index (χ0n) is 18.7. The van der Waals surface area contributed by atoms with Crippen LogP contribution in [0.5, 0.6) is 0 Å². The number of benzene rings is 2. The van der Waals surface area contributed by atoms with Crippen molar-refractivity contribution in [3.63, 3.8) is 0 Å². The maximum atomic E-state index is 12.5. The van der Waals surface area contributed by atoms with Crippen LogP contribution in [0, 0.1) is 13.8 Å². The van der Waals surface area contributed by atoms with Crippen LogP contribution in [0.25, 0.3) is 39.1 Å². The molecule has 1 N–H and O–H groups in total. The van der Waals surface area contributed by atoms with Crippen LogP contribution in [-0.2, 0) is 24.1 Å². The lowest BCUT2D eigenvalue weighted by Gasteiger charge is -2.11. The van der Waals surface area contributed by atoms with Gasteiger partial charge in [0.25, 0.3) is 0 Å². The predicted octanol–water partition coefficient (Wildman–Crippen LogP) is 2.40. The zero-order chi connectivity index (χ0) is 23.7. The third-order valence-corrected chi connectivity index (χ3v) is 7.39. The molecule has 0 bridgehead atoms. The first-order valence-corrected chi connectivity index (χ1v) is 11.7. The molecule has 3 heterocycles. The van der Waals surface area contributed by atoms with Crippen molar-refractivity contribution in [3.05, 3.63) is 58.3 Å². The number of aromatic nitrogens is 5. The van der Waals surface area contributed by atoms with Crippen LogP contribution in [-0.4, -0.2) is 39.3 Å². The summed E-state index contributed by atoms with van der Waals surface area (Å²) in [5.74, 6) is 1.17. The highest BCUT2D eigenvalue weighted by Crippen LogP contribution is 2.34. The molecule has 0 saturated carbocycles. The van der Waals surface area contributed by atoms with E-state index in [-0.39, 0.29) is 10.6 Å². The fourth-order valence-corrected chi connectivity index (χ4v) is 4.96. The van der Waals surface area contributed by atoms with E-state index in [9.17, 15) is 13.2 Å². The van der Waals surface area contributed by atoms with E-state index in [0.29, 0.717) is 28.3 Å². The highest BCUT2D eigenvalue weighted by molar-refractivity contribution is 7.89. The molecule has 2 aromatic carbocycles. The number of hydrogen-bond acceptors (Lipinski definition) is 6. The lowest BCUT2D eigenvalue weighted by Crippen LogP contribution is -2.19. The lowest BCUT2D eigenvalue weighted by molar-refractivity contribution is 0.393. The van der Waals surface area contributed by atoms with Gasteiger partial charge in [0.1, 0.15) is 5.76 Å². The molecule has 5 aromatic rings. The molecule has 0 saturated heterocycles. The summed E-state index contributed by atoms with van der Waals surface area (Å²) >= 11 is 0. The van der Waals surface area contributed by atoms with Gasteiger partial charge in [0.2, 0.25) is 10.0 Å². The number of fused-ring (bicyclic) bond motifs is 2. The first-order chi connectivity index (χ1) is 15.6.